The molecule has 1 saturated heterocycles. The van der Waals surface area contributed by atoms with E-state index in [4.69, 9.17) is 19.3 Å². The minimum Gasteiger partial charge on any atom is -0.387 e. The first-order chi connectivity index (χ1) is 13.6. The number of aliphatic hydroxyl groups excluding tert-OH is 2. The van der Waals surface area contributed by atoms with Gasteiger partial charge in [0.25, 0.3) is 0 Å². The molecule has 5 N–H and O–H groups in total. The van der Waals surface area contributed by atoms with Crippen molar-refractivity contribution in [2.75, 3.05) is 18.3 Å². The van der Waals surface area contributed by atoms with Crippen molar-refractivity contribution in [3.8, 4) is 0 Å². The molecule has 0 bridgehead atoms. The van der Waals surface area contributed by atoms with E-state index in [2.05, 4.69) is 26.8 Å². The van der Waals surface area contributed by atoms with Crippen LogP contribution in [0.4, 0.5) is 5.82 Å². The van der Waals surface area contributed by atoms with Crippen molar-refractivity contribution in [1.82, 2.24) is 19.5 Å². The van der Waals surface area contributed by atoms with Crippen LogP contribution in [0.25, 0.3) is 17.2 Å². The Bertz CT molecular complexity index is 930. The zero-order valence-electron chi connectivity index (χ0n) is 15.9. The van der Waals surface area contributed by atoms with Gasteiger partial charge in [-0.3, -0.25) is 9.13 Å². The van der Waals surface area contributed by atoms with Crippen LogP contribution in [-0.4, -0.2) is 76.8 Å². The Hall–Kier alpha value is -1.92. The molecule has 3 heterocycles. The molecule has 0 aliphatic carbocycles. The van der Waals surface area contributed by atoms with Crippen LogP contribution < -0.4 is 5.32 Å². The molecule has 0 radical (unpaired) electrons. The summed E-state index contributed by atoms with van der Waals surface area (Å²) in [6.45, 7) is 7.26. The van der Waals surface area contributed by atoms with Gasteiger partial charge in [0, 0.05) is 6.04 Å². The van der Waals surface area contributed by atoms with Gasteiger partial charge in [-0.1, -0.05) is 6.58 Å². The maximum absolute atomic E-state index is 10.9. The highest BCUT2D eigenvalue weighted by Crippen LogP contribution is 2.36. The van der Waals surface area contributed by atoms with Gasteiger partial charge in [0.05, 0.1) is 12.9 Å². The Morgan fingerprint density at radius 3 is 2.72 bits per heavy atom. The van der Waals surface area contributed by atoms with Crippen LogP contribution in [0.1, 0.15) is 25.9 Å². The van der Waals surface area contributed by atoms with Gasteiger partial charge < -0.3 is 34.8 Å². The number of aromatic nitrogens is 4. The van der Waals surface area contributed by atoms with Gasteiger partial charge in [0.2, 0.25) is 0 Å². The van der Waals surface area contributed by atoms with E-state index in [1.54, 1.807) is 0 Å². The van der Waals surface area contributed by atoms with E-state index in [1.165, 1.54) is 17.0 Å². The SMILES string of the molecule is C=Cc1nc(NC(C)C)c2ncn([C@@H]3OC(COCP(=O)(O)O)[C@@H](O)[C@H]3O)c2n1. The van der Waals surface area contributed by atoms with Crippen molar-refractivity contribution in [2.45, 2.75) is 44.4 Å². The minimum absolute atomic E-state index is 0.0848. The summed E-state index contributed by atoms with van der Waals surface area (Å²) in [4.78, 5) is 30.7. The van der Waals surface area contributed by atoms with Crippen LogP contribution >= 0.6 is 7.60 Å². The summed E-state index contributed by atoms with van der Waals surface area (Å²) in [5, 5.41) is 23.9. The van der Waals surface area contributed by atoms with E-state index >= 15 is 0 Å². The summed E-state index contributed by atoms with van der Waals surface area (Å²) in [5.74, 6) is 0.838. The number of anilines is 1. The molecule has 1 unspecified atom stereocenters. The van der Waals surface area contributed by atoms with Gasteiger partial charge >= 0.3 is 7.60 Å². The minimum atomic E-state index is -4.35. The zero-order valence-corrected chi connectivity index (χ0v) is 16.8. The average molecular weight is 429 g/mol. The molecule has 12 nitrogen and oxygen atoms in total. The molecule has 1 aliphatic rings. The first kappa shape index (κ1) is 21.8. The highest BCUT2D eigenvalue weighted by atomic mass is 31.2. The standard InChI is InChI=1S/C16H24N5O7P/c1-4-10-19-14(18-8(2)3)11-15(20-10)21(6-17-11)16-13(23)12(22)9(28-16)5-27-7-29(24,25)26/h4,6,8-9,12-13,16,22-23H,1,5,7H2,2-3H3,(H,18,19,20)(H2,24,25,26)/t9?,12-,13-,16-/m1/s1. The van der Waals surface area contributed by atoms with Crippen molar-refractivity contribution in [2.24, 2.45) is 0 Å². The number of rotatable bonds is 8. The van der Waals surface area contributed by atoms with Crippen LogP contribution in [0.3, 0.4) is 0 Å². The lowest BCUT2D eigenvalue weighted by Crippen LogP contribution is -2.33. The maximum Gasteiger partial charge on any atom is 0.350 e. The van der Waals surface area contributed by atoms with Crippen LogP contribution in [0.2, 0.25) is 0 Å². The van der Waals surface area contributed by atoms with E-state index in [9.17, 15) is 14.8 Å². The largest absolute Gasteiger partial charge is 0.387 e. The van der Waals surface area contributed by atoms with Crippen molar-refractivity contribution in [3.63, 3.8) is 0 Å². The fraction of sp³-hybridized carbons (Fsp3) is 0.562. The van der Waals surface area contributed by atoms with Crippen LogP contribution in [0, 0.1) is 0 Å². The third-order valence-corrected chi connectivity index (χ3v) is 4.72. The lowest BCUT2D eigenvalue weighted by molar-refractivity contribution is -0.0612. The van der Waals surface area contributed by atoms with Gasteiger partial charge in [-0.25, -0.2) is 15.0 Å². The summed E-state index contributed by atoms with van der Waals surface area (Å²) in [5.41, 5.74) is 0.821. The average Bonchev–Trinajstić information content (AvgIpc) is 3.16. The molecule has 13 heteroatoms. The molecule has 29 heavy (non-hydrogen) atoms. The second kappa shape index (κ2) is 8.44. The monoisotopic (exact) mass is 429 g/mol. The van der Waals surface area contributed by atoms with E-state index < -0.39 is 38.5 Å². The molecular formula is C16H24N5O7P. The number of hydrogen-bond donors (Lipinski definition) is 5. The topological polar surface area (TPSA) is 172 Å². The molecule has 0 saturated carbocycles. The van der Waals surface area contributed by atoms with Crippen molar-refractivity contribution in [3.05, 3.63) is 18.7 Å². The number of hydrogen-bond acceptors (Lipinski definition) is 9. The summed E-state index contributed by atoms with van der Waals surface area (Å²) >= 11 is 0. The smallest absolute Gasteiger partial charge is 0.350 e. The Morgan fingerprint density at radius 1 is 1.38 bits per heavy atom. The fourth-order valence-corrected chi connectivity index (χ4v) is 3.31. The Morgan fingerprint density at radius 2 is 2.10 bits per heavy atom. The summed E-state index contributed by atoms with van der Waals surface area (Å²) in [7, 11) is -4.35. The number of aliphatic hydroxyl groups is 2. The van der Waals surface area contributed by atoms with Gasteiger partial charge in [-0.15, -0.1) is 0 Å². The molecule has 0 aromatic carbocycles. The highest BCUT2D eigenvalue weighted by molar-refractivity contribution is 7.51. The van der Waals surface area contributed by atoms with Crippen molar-refractivity contribution >= 4 is 30.7 Å². The van der Waals surface area contributed by atoms with Gasteiger partial charge in [0.15, 0.2) is 29.0 Å². The first-order valence-electron chi connectivity index (χ1n) is 8.88. The van der Waals surface area contributed by atoms with Gasteiger partial charge in [-0.2, -0.15) is 0 Å². The Kier molecular flexibility index (Phi) is 6.34. The first-order valence-corrected chi connectivity index (χ1v) is 10.7. The molecule has 160 valence electrons. The molecule has 1 fully saturated rings. The van der Waals surface area contributed by atoms with Gasteiger partial charge in [-0.05, 0) is 19.9 Å². The van der Waals surface area contributed by atoms with Crippen LogP contribution in [-0.2, 0) is 14.0 Å². The molecule has 4 atom stereocenters. The maximum atomic E-state index is 10.9. The predicted molar refractivity (Wildman–Crippen MR) is 103 cm³/mol. The van der Waals surface area contributed by atoms with Crippen LogP contribution in [0.15, 0.2) is 12.9 Å². The molecule has 2 aromatic rings. The van der Waals surface area contributed by atoms with E-state index in [0.29, 0.717) is 22.8 Å². The third kappa shape index (κ3) is 4.81. The second-order valence-electron chi connectivity index (χ2n) is 6.97. The number of ether oxygens (including phenoxy) is 2. The number of nitrogens with one attached hydrogen (secondary N) is 1. The van der Waals surface area contributed by atoms with Crippen molar-refractivity contribution in [1.29, 1.82) is 0 Å². The van der Waals surface area contributed by atoms with E-state index in [1.807, 2.05) is 13.8 Å². The van der Waals surface area contributed by atoms with Crippen molar-refractivity contribution < 1.29 is 34.0 Å². The molecular weight excluding hydrogens is 405 g/mol. The summed E-state index contributed by atoms with van der Waals surface area (Å²) in [6, 6.07) is 0.0848. The van der Waals surface area contributed by atoms with Gasteiger partial charge in [0.1, 0.15) is 24.7 Å². The zero-order chi connectivity index (χ0) is 21.3. The fourth-order valence-electron chi connectivity index (χ4n) is 2.97. The predicted octanol–water partition coefficient (Wildman–Crippen LogP) is 0.0606. The second-order valence-corrected chi connectivity index (χ2v) is 8.56. The Balaban J connectivity index is 1.88. The molecule has 2 aromatic heterocycles. The molecule has 3 rings (SSSR count). The summed E-state index contributed by atoms with van der Waals surface area (Å²) < 4.78 is 23.0. The molecule has 1 aliphatic heterocycles. The number of nitrogens with zero attached hydrogens (tertiary/aromatic N) is 4. The number of imidazole rings is 1. The Labute approximate surface area is 166 Å². The summed E-state index contributed by atoms with van der Waals surface area (Å²) in [6.07, 6.45) is -2.61. The third-order valence-electron chi connectivity index (χ3n) is 4.20. The number of fused-ring (bicyclic) bond motifs is 1. The quantitative estimate of drug-likeness (QED) is 0.359. The van der Waals surface area contributed by atoms with E-state index in [-0.39, 0.29) is 12.6 Å². The lowest BCUT2D eigenvalue weighted by atomic mass is 10.1. The van der Waals surface area contributed by atoms with E-state index in [0.717, 1.165) is 0 Å². The highest BCUT2D eigenvalue weighted by Gasteiger charge is 2.44. The molecule has 0 spiro atoms. The van der Waals surface area contributed by atoms with Crippen LogP contribution in [0.5, 0.6) is 0 Å². The lowest BCUT2D eigenvalue weighted by Gasteiger charge is -2.17. The normalized spacial score (nSPS) is 25.1. The molecule has 0 amide bonds.